The molecule has 1 saturated carbocycles. The van der Waals surface area contributed by atoms with Gasteiger partial charge in [0.05, 0.1) is 5.56 Å². The van der Waals surface area contributed by atoms with Crippen LogP contribution in [0.4, 0.5) is 32.0 Å². The molecule has 0 bridgehead atoms. The zero-order valence-electron chi connectivity index (χ0n) is 18.8. The lowest BCUT2D eigenvalue weighted by molar-refractivity contribution is -0.153. The van der Waals surface area contributed by atoms with E-state index in [2.05, 4.69) is 5.10 Å². The Kier molecular flexibility index (Phi) is 6.83. The minimum atomic E-state index is -4.82. The predicted molar refractivity (Wildman–Crippen MR) is 116 cm³/mol. The van der Waals surface area contributed by atoms with Crippen LogP contribution in [0.25, 0.3) is 5.69 Å². The summed E-state index contributed by atoms with van der Waals surface area (Å²) >= 11 is 0. The summed E-state index contributed by atoms with van der Waals surface area (Å²) in [7, 11) is 1.45. The van der Waals surface area contributed by atoms with Crippen molar-refractivity contribution in [2.24, 2.45) is 7.05 Å². The number of halogens is 6. The predicted octanol–water partition coefficient (Wildman–Crippen LogP) is 4.84. The first kappa shape index (κ1) is 25.3. The molecule has 0 radical (unpaired) electrons. The second-order valence-electron chi connectivity index (χ2n) is 8.35. The summed E-state index contributed by atoms with van der Waals surface area (Å²) in [5.41, 5.74) is -2.95. The molecule has 1 amide bonds. The molecule has 0 spiro atoms. The highest BCUT2D eigenvalue weighted by molar-refractivity contribution is 6.06. The second-order valence-corrected chi connectivity index (χ2v) is 8.35. The Labute approximate surface area is 200 Å². The Bertz CT molecular complexity index is 1340. The van der Waals surface area contributed by atoms with Crippen LogP contribution in [0.2, 0.25) is 0 Å². The molecule has 0 aliphatic heterocycles. The molecule has 0 atom stereocenters. The van der Waals surface area contributed by atoms with Crippen molar-refractivity contribution in [2.45, 2.75) is 37.8 Å². The molecular formula is C23H20F6N4O3. The van der Waals surface area contributed by atoms with Crippen molar-refractivity contribution < 1.29 is 35.9 Å². The van der Waals surface area contributed by atoms with Crippen LogP contribution >= 0.6 is 0 Å². The molecule has 3 aromatic rings. The van der Waals surface area contributed by atoms with E-state index >= 15 is 4.39 Å². The first-order valence-corrected chi connectivity index (χ1v) is 10.9. The molecule has 192 valence electrons. The summed E-state index contributed by atoms with van der Waals surface area (Å²) in [6.07, 6.45) is -1.40. The fourth-order valence-corrected chi connectivity index (χ4v) is 4.11. The topological polar surface area (TPSA) is 78.2 Å². The number of anilines is 1. The molecule has 1 aliphatic rings. The summed E-state index contributed by atoms with van der Waals surface area (Å²) < 4.78 is 88.2. The van der Waals surface area contributed by atoms with Gasteiger partial charge in [-0.2, -0.15) is 17.9 Å². The van der Waals surface area contributed by atoms with Crippen LogP contribution in [-0.2, 0) is 7.05 Å². The van der Waals surface area contributed by atoms with Gasteiger partial charge in [0.2, 0.25) is 0 Å². The van der Waals surface area contributed by atoms with Crippen molar-refractivity contribution in [1.29, 1.82) is 0 Å². The van der Waals surface area contributed by atoms with E-state index in [1.807, 2.05) is 5.32 Å². The number of alkyl halides is 3. The lowest BCUT2D eigenvalue weighted by Crippen LogP contribution is -2.25. The molecule has 36 heavy (non-hydrogen) atoms. The van der Waals surface area contributed by atoms with Gasteiger partial charge in [0.1, 0.15) is 40.4 Å². The van der Waals surface area contributed by atoms with Gasteiger partial charge in [0, 0.05) is 19.0 Å². The minimum absolute atomic E-state index is 0.0336. The normalized spacial score (nSPS) is 14.3. The maximum atomic E-state index is 15.1. The van der Waals surface area contributed by atoms with Gasteiger partial charge in [-0.1, -0.05) is 18.9 Å². The van der Waals surface area contributed by atoms with E-state index in [0.29, 0.717) is 16.6 Å². The first-order valence-electron chi connectivity index (χ1n) is 10.9. The Balaban J connectivity index is 1.77. The van der Waals surface area contributed by atoms with E-state index in [1.54, 1.807) is 0 Å². The molecule has 1 aliphatic carbocycles. The van der Waals surface area contributed by atoms with Crippen LogP contribution in [0, 0.1) is 17.5 Å². The summed E-state index contributed by atoms with van der Waals surface area (Å²) in [4.78, 5) is 25.5. The van der Waals surface area contributed by atoms with Gasteiger partial charge in [0.25, 0.3) is 5.91 Å². The number of para-hydroxylation sites is 1. The van der Waals surface area contributed by atoms with E-state index in [4.69, 9.17) is 4.74 Å². The Morgan fingerprint density at radius 2 is 1.75 bits per heavy atom. The van der Waals surface area contributed by atoms with Gasteiger partial charge in [-0.15, -0.1) is 5.10 Å². The first-order chi connectivity index (χ1) is 17.0. The molecule has 1 fully saturated rings. The summed E-state index contributed by atoms with van der Waals surface area (Å²) in [5, 5.41) is 6.06. The van der Waals surface area contributed by atoms with Gasteiger partial charge in [-0.05, 0) is 31.0 Å². The third-order valence-electron chi connectivity index (χ3n) is 5.85. The average molecular weight is 514 g/mol. The number of amides is 1. The van der Waals surface area contributed by atoms with Gasteiger partial charge in [0.15, 0.2) is 6.61 Å². The molecule has 1 aromatic heterocycles. The zero-order chi connectivity index (χ0) is 26.2. The van der Waals surface area contributed by atoms with Crippen LogP contribution < -0.4 is 15.7 Å². The van der Waals surface area contributed by atoms with Gasteiger partial charge in [-0.3, -0.25) is 9.36 Å². The molecule has 0 unspecified atom stereocenters. The number of ether oxygens (including phenoxy) is 1. The SMILES string of the molecule is Cn1c(C2CCCC2)nn(-c2cc(OCC(F)(F)F)c(C(=O)Nc3c(F)cccc3F)cc2F)c1=O. The number of carbonyl (C=O) groups excluding carboxylic acids is 1. The molecule has 1 N–H and O–H groups in total. The van der Waals surface area contributed by atoms with Gasteiger partial charge >= 0.3 is 11.9 Å². The fraction of sp³-hybridized carbons (Fsp3) is 0.348. The zero-order valence-corrected chi connectivity index (χ0v) is 18.8. The van der Waals surface area contributed by atoms with E-state index < -0.39 is 64.5 Å². The Morgan fingerprint density at radius 3 is 2.36 bits per heavy atom. The average Bonchev–Trinajstić information content (AvgIpc) is 3.43. The highest BCUT2D eigenvalue weighted by Gasteiger charge is 2.31. The number of nitrogens with one attached hydrogen (secondary N) is 1. The minimum Gasteiger partial charge on any atom is -0.483 e. The highest BCUT2D eigenvalue weighted by Crippen LogP contribution is 2.33. The van der Waals surface area contributed by atoms with Crippen molar-refractivity contribution in [3.8, 4) is 11.4 Å². The van der Waals surface area contributed by atoms with E-state index in [9.17, 15) is 31.5 Å². The molecule has 13 heteroatoms. The van der Waals surface area contributed by atoms with E-state index in [0.717, 1.165) is 49.9 Å². The summed E-state index contributed by atoms with van der Waals surface area (Å²) in [5.74, 6) is -5.23. The number of hydrogen-bond donors (Lipinski definition) is 1. The second kappa shape index (κ2) is 9.70. The van der Waals surface area contributed by atoms with Crippen molar-refractivity contribution in [3.63, 3.8) is 0 Å². The highest BCUT2D eigenvalue weighted by atomic mass is 19.4. The third-order valence-corrected chi connectivity index (χ3v) is 5.85. The molecule has 1 heterocycles. The van der Waals surface area contributed by atoms with Crippen molar-refractivity contribution in [2.75, 3.05) is 11.9 Å². The summed E-state index contributed by atoms with van der Waals surface area (Å²) in [6, 6.07) is 3.97. The molecule has 0 saturated heterocycles. The third kappa shape index (κ3) is 5.09. The number of nitrogens with zero attached hydrogens (tertiary/aromatic N) is 3. The number of benzene rings is 2. The lowest BCUT2D eigenvalue weighted by atomic mass is 10.1. The molecule has 7 nitrogen and oxygen atoms in total. The van der Waals surface area contributed by atoms with Crippen molar-refractivity contribution in [1.82, 2.24) is 14.3 Å². The van der Waals surface area contributed by atoms with Crippen LogP contribution in [-0.4, -0.2) is 33.0 Å². The van der Waals surface area contributed by atoms with Crippen LogP contribution in [0.15, 0.2) is 35.1 Å². The largest absolute Gasteiger partial charge is 0.483 e. The van der Waals surface area contributed by atoms with E-state index in [-0.39, 0.29) is 5.92 Å². The number of rotatable bonds is 6. The number of hydrogen-bond acceptors (Lipinski definition) is 4. The quantitative estimate of drug-likeness (QED) is 0.478. The number of aromatic nitrogens is 3. The molecule has 2 aromatic carbocycles. The Morgan fingerprint density at radius 1 is 1.11 bits per heavy atom. The van der Waals surface area contributed by atoms with Crippen LogP contribution in [0.1, 0.15) is 47.8 Å². The van der Waals surface area contributed by atoms with Gasteiger partial charge in [-0.25, -0.2) is 18.0 Å². The molecular weight excluding hydrogens is 494 g/mol. The maximum Gasteiger partial charge on any atom is 0.422 e. The smallest absolute Gasteiger partial charge is 0.422 e. The number of carbonyl (C=O) groups is 1. The maximum absolute atomic E-state index is 15.1. The van der Waals surface area contributed by atoms with Crippen molar-refractivity contribution >= 4 is 11.6 Å². The molecule has 4 rings (SSSR count). The monoisotopic (exact) mass is 514 g/mol. The van der Waals surface area contributed by atoms with Gasteiger partial charge < -0.3 is 10.1 Å². The van der Waals surface area contributed by atoms with Crippen molar-refractivity contribution in [3.05, 3.63) is 69.7 Å². The summed E-state index contributed by atoms with van der Waals surface area (Å²) in [6.45, 7) is -1.85. The lowest BCUT2D eigenvalue weighted by Gasteiger charge is -2.15. The van der Waals surface area contributed by atoms with Crippen LogP contribution in [0.5, 0.6) is 5.75 Å². The fourth-order valence-electron chi connectivity index (χ4n) is 4.11. The Hall–Kier alpha value is -3.77. The van der Waals surface area contributed by atoms with E-state index in [1.165, 1.54) is 11.6 Å². The van der Waals surface area contributed by atoms with Crippen LogP contribution in [0.3, 0.4) is 0 Å². The standard InChI is InChI=1S/C23H20F6N4O3/c1-32-20(12-5-2-3-6-12)31-33(22(32)35)17-10-18(36-11-23(27,28)29)13(9-16(17)26)21(34)30-19-14(24)7-4-8-15(19)25/h4,7-10,12H,2-3,5-6,11H2,1H3,(H,30,34).